The first kappa shape index (κ1) is 16.6. The summed E-state index contributed by atoms with van der Waals surface area (Å²) < 4.78 is 15.8. The molecule has 0 unspecified atom stereocenters. The van der Waals surface area contributed by atoms with Gasteiger partial charge in [0.05, 0.1) is 21.3 Å². The van der Waals surface area contributed by atoms with Crippen LogP contribution in [0.3, 0.4) is 0 Å². The monoisotopic (exact) mass is 330 g/mol. The second kappa shape index (κ2) is 5.96. The first-order valence-corrected chi connectivity index (χ1v) is 8.01. The molecule has 3 rings (SSSR count). The number of ether oxygens (including phenoxy) is 3. The molecule has 1 fully saturated rings. The van der Waals surface area contributed by atoms with E-state index in [-0.39, 0.29) is 41.0 Å². The fourth-order valence-electron chi connectivity index (χ4n) is 4.21. The van der Waals surface area contributed by atoms with E-state index in [1.54, 1.807) is 21.1 Å². The predicted molar refractivity (Wildman–Crippen MR) is 88.2 cm³/mol. The third kappa shape index (κ3) is 2.14. The first-order valence-electron chi connectivity index (χ1n) is 8.01. The molecule has 0 saturated heterocycles. The summed E-state index contributed by atoms with van der Waals surface area (Å²) in [5.74, 6) is 0.890. The number of carbonyl (C=O) groups excluding carboxylic acids is 2. The van der Waals surface area contributed by atoms with E-state index in [4.69, 9.17) is 14.2 Å². The molecule has 2 aliphatic rings. The Morgan fingerprint density at radius 2 is 1.50 bits per heavy atom. The van der Waals surface area contributed by atoms with Crippen LogP contribution in [0.1, 0.15) is 25.3 Å². The highest BCUT2D eigenvalue weighted by Crippen LogP contribution is 2.57. The third-order valence-corrected chi connectivity index (χ3v) is 5.44. The molecule has 0 amide bonds. The van der Waals surface area contributed by atoms with E-state index >= 15 is 0 Å². The summed E-state index contributed by atoms with van der Waals surface area (Å²) in [6.45, 7) is 3.70. The quantitative estimate of drug-likeness (QED) is 0.849. The van der Waals surface area contributed by atoms with Crippen LogP contribution in [-0.2, 0) is 14.3 Å². The highest BCUT2D eigenvalue weighted by molar-refractivity contribution is 6.14. The van der Waals surface area contributed by atoms with Gasteiger partial charge in [0.1, 0.15) is 0 Å². The SMILES string of the molecule is COC1=C(C)C(=O)[C@@H]2[C@H](C)[C@@H](c3ccc(OC)c(OC)c3)[C@@H]2C1=O. The van der Waals surface area contributed by atoms with Gasteiger partial charge in [0.25, 0.3) is 0 Å². The zero-order valence-corrected chi connectivity index (χ0v) is 14.6. The number of allylic oxidation sites excluding steroid dienone is 2. The van der Waals surface area contributed by atoms with Crippen LogP contribution >= 0.6 is 0 Å². The molecule has 1 aromatic rings. The number of carbonyl (C=O) groups is 2. The Balaban J connectivity index is 2.00. The number of hydrogen-bond acceptors (Lipinski definition) is 5. The van der Waals surface area contributed by atoms with Crippen LogP contribution in [0, 0.1) is 17.8 Å². The van der Waals surface area contributed by atoms with Crippen LogP contribution in [0.4, 0.5) is 0 Å². The molecule has 0 heterocycles. The summed E-state index contributed by atoms with van der Waals surface area (Å²) in [6, 6.07) is 5.67. The molecule has 5 nitrogen and oxygen atoms in total. The molecule has 0 N–H and O–H groups in total. The molecule has 1 saturated carbocycles. The lowest BCUT2D eigenvalue weighted by atomic mass is 9.50. The predicted octanol–water partition coefficient (Wildman–Crippen LogP) is 2.74. The number of hydrogen-bond donors (Lipinski definition) is 0. The van der Waals surface area contributed by atoms with E-state index in [1.165, 1.54) is 7.11 Å². The minimum Gasteiger partial charge on any atom is -0.493 e. The summed E-state index contributed by atoms with van der Waals surface area (Å²) in [6.07, 6.45) is 0. The summed E-state index contributed by atoms with van der Waals surface area (Å²) in [7, 11) is 4.61. The minimum atomic E-state index is -0.357. The topological polar surface area (TPSA) is 61.8 Å². The molecular weight excluding hydrogens is 308 g/mol. The molecule has 0 bridgehead atoms. The summed E-state index contributed by atoms with van der Waals surface area (Å²) in [5.41, 5.74) is 1.43. The molecule has 0 radical (unpaired) electrons. The molecule has 128 valence electrons. The van der Waals surface area contributed by atoms with Gasteiger partial charge in [-0.2, -0.15) is 0 Å². The Kier molecular flexibility index (Phi) is 4.11. The highest BCUT2D eigenvalue weighted by atomic mass is 16.5. The Bertz CT molecular complexity index is 733. The smallest absolute Gasteiger partial charge is 0.202 e. The van der Waals surface area contributed by atoms with Gasteiger partial charge in [0.15, 0.2) is 23.0 Å². The van der Waals surface area contributed by atoms with Crippen molar-refractivity contribution in [2.45, 2.75) is 19.8 Å². The second-order valence-corrected chi connectivity index (χ2v) is 6.44. The van der Waals surface area contributed by atoms with Crippen LogP contribution < -0.4 is 9.47 Å². The molecule has 5 heteroatoms. The molecule has 24 heavy (non-hydrogen) atoms. The van der Waals surface area contributed by atoms with E-state index in [9.17, 15) is 9.59 Å². The van der Waals surface area contributed by atoms with Gasteiger partial charge in [0, 0.05) is 17.4 Å². The number of rotatable bonds is 4. The lowest BCUT2D eigenvalue weighted by Crippen LogP contribution is -2.55. The van der Waals surface area contributed by atoms with Gasteiger partial charge < -0.3 is 14.2 Å². The molecule has 0 aliphatic heterocycles. The number of methoxy groups -OCH3 is 3. The molecule has 4 atom stereocenters. The number of benzene rings is 1. The summed E-state index contributed by atoms with van der Waals surface area (Å²) in [5, 5.41) is 0. The summed E-state index contributed by atoms with van der Waals surface area (Å²) >= 11 is 0. The van der Waals surface area contributed by atoms with E-state index < -0.39 is 0 Å². The lowest BCUT2D eigenvalue weighted by molar-refractivity contribution is -0.145. The zero-order valence-electron chi connectivity index (χ0n) is 14.6. The Hall–Kier alpha value is -2.30. The van der Waals surface area contributed by atoms with Crippen LogP contribution in [0.25, 0.3) is 0 Å². The van der Waals surface area contributed by atoms with Crippen molar-refractivity contribution in [3.8, 4) is 11.5 Å². The van der Waals surface area contributed by atoms with E-state index in [0.29, 0.717) is 17.1 Å². The maximum absolute atomic E-state index is 12.8. The average molecular weight is 330 g/mol. The lowest BCUT2D eigenvalue weighted by Gasteiger charge is -2.51. The van der Waals surface area contributed by atoms with Crippen molar-refractivity contribution in [3.05, 3.63) is 35.1 Å². The molecule has 0 spiro atoms. The van der Waals surface area contributed by atoms with Gasteiger partial charge in [-0.05, 0) is 36.5 Å². The van der Waals surface area contributed by atoms with Gasteiger partial charge in [-0.25, -0.2) is 0 Å². The maximum atomic E-state index is 12.8. The molecule has 1 aromatic carbocycles. The van der Waals surface area contributed by atoms with Crippen molar-refractivity contribution < 1.29 is 23.8 Å². The fourth-order valence-corrected chi connectivity index (χ4v) is 4.21. The van der Waals surface area contributed by atoms with Gasteiger partial charge in [-0.3, -0.25) is 9.59 Å². The van der Waals surface area contributed by atoms with Crippen molar-refractivity contribution in [1.29, 1.82) is 0 Å². The molecular formula is C19H22O5. The maximum Gasteiger partial charge on any atom is 0.202 e. The Morgan fingerprint density at radius 3 is 2.08 bits per heavy atom. The number of fused-ring (bicyclic) bond motifs is 1. The average Bonchev–Trinajstić information content (AvgIpc) is 2.58. The van der Waals surface area contributed by atoms with Crippen molar-refractivity contribution in [2.24, 2.45) is 17.8 Å². The highest BCUT2D eigenvalue weighted by Gasteiger charge is 2.59. The van der Waals surface area contributed by atoms with Gasteiger partial charge >= 0.3 is 0 Å². The largest absolute Gasteiger partial charge is 0.493 e. The van der Waals surface area contributed by atoms with Crippen molar-refractivity contribution in [3.63, 3.8) is 0 Å². The number of Topliss-reactive ketones (excluding diaryl/α,β-unsaturated/α-hetero) is 2. The van der Waals surface area contributed by atoms with E-state index in [2.05, 4.69) is 0 Å². The normalized spacial score (nSPS) is 29.0. The van der Waals surface area contributed by atoms with Gasteiger partial charge in [-0.1, -0.05) is 13.0 Å². The van der Waals surface area contributed by atoms with Crippen molar-refractivity contribution >= 4 is 11.6 Å². The number of ketones is 2. The Morgan fingerprint density at radius 1 is 0.833 bits per heavy atom. The van der Waals surface area contributed by atoms with Crippen LogP contribution in [0.2, 0.25) is 0 Å². The molecule has 2 aliphatic carbocycles. The first-order chi connectivity index (χ1) is 11.5. The van der Waals surface area contributed by atoms with E-state index in [1.807, 2.05) is 25.1 Å². The Labute approximate surface area is 141 Å². The molecule has 0 aromatic heterocycles. The van der Waals surface area contributed by atoms with Crippen LogP contribution in [-0.4, -0.2) is 32.9 Å². The third-order valence-electron chi connectivity index (χ3n) is 5.44. The zero-order chi connectivity index (χ0) is 17.6. The minimum absolute atomic E-state index is 0.0236. The summed E-state index contributed by atoms with van der Waals surface area (Å²) in [4.78, 5) is 25.4. The van der Waals surface area contributed by atoms with Gasteiger partial charge in [0.2, 0.25) is 5.78 Å². The second-order valence-electron chi connectivity index (χ2n) is 6.44. The van der Waals surface area contributed by atoms with Crippen LogP contribution in [0.15, 0.2) is 29.5 Å². The fraction of sp³-hybridized carbons (Fsp3) is 0.474. The van der Waals surface area contributed by atoms with Crippen molar-refractivity contribution in [2.75, 3.05) is 21.3 Å². The van der Waals surface area contributed by atoms with Crippen molar-refractivity contribution in [1.82, 2.24) is 0 Å². The standard InChI is InChI=1S/C19H22O5/c1-9-14(11-6-7-12(22-3)13(8-11)23-4)16-15(9)17(20)10(2)19(24-5)18(16)21/h6-9,14-16H,1-5H3/t9-,14+,15-,16+/m1/s1. The van der Waals surface area contributed by atoms with Gasteiger partial charge in [-0.15, -0.1) is 0 Å². The van der Waals surface area contributed by atoms with Crippen LogP contribution in [0.5, 0.6) is 11.5 Å². The van der Waals surface area contributed by atoms with E-state index in [0.717, 1.165) is 5.56 Å².